The van der Waals surface area contributed by atoms with E-state index < -0.39 is 0 Å². The average Bonchev–Trinajstić information content (AvgIpc) is 3.07. The number of hydrogen-bond acceptors (Lipinski definition) is 6. The van der Waals surface area contributed by atoms with Crippen LogP contribution in [-0.4, -0.2) is 33.5 Å². The van der Waals surface area contributed by atoms with Crippen molar-refractivity contribution in [3.63, 3.8) is 0 Å². The summed E-state index contributed by atoms with van der Waals surface area (Å²) < 4.78 is 15.8. The van der Waals surface area contributed by atoms with E-state index in [1.807, 2.05) is 17.5 Å². The molecule has 0 aliphatic heterocycles. The number of thiophene rings is 1. The van der Waals surface area contributed by atoms with Gasteiger partial charge in [-0.05, 0) is 17.5 Å². The SMILES string of the molecule is COc1cc(OC)c(OC)cc1/C=N/NC(=O)Cc1cccs1. The molecule has 122 valence electrons. The van der Waals surface area contributed by atoms with Gasteiger partial charge in [-0.25, -0.2) is 5.43 Å². The third kappa shape index (κ3) is 4.46. The molecule has 0 aliphatic carbocycles. The van der Waals surface area contributed by atoms with Crippen LogP contribution in [0.2, 0.25) is 0 Å². The standard InChI is InChI=1S/C16H18N2O4S/c1-20-13-9-15(22-3)14(21-2)7-11(13)10-17-18-16(19)8-12-5-4-6-23-12/h4-7,9-10H,8H2,1-3H3,(H,18,19)/b17-10+. The van der Waals surface area contributed by atoms with Gasteiger partial charge in [-0.15, -0.1) is 11.3 Å². The lowest BCUT2D eigenvalue weighted by Gasteiger charge is -2.11. The number of nitrogens with one attached hydrogen (secondary N) is 1. The van der Waals surface area contributed by atoms with Gasteiger partial charge in [-0.3, -0.25) is 4.79 Å². The fraction of sp³-hybridized carbons (Fsp3) is 0.250. The van der Waals surface area contributed by atoms with Gasteiger partial charge in [-0.1, -0.05) is 6.07 Å². The number of benzene rings is 1. The quantitative estimate of drug-likeness (QED) is 0.624. The maximum atomic E-state index is 11.8. The third-order valence-electron chi connectivity index (χ3n) is 3.04. The molecule has 0 saturated carbocycles. The number of rotatable bonds is 7. The summed E-state index contributed by atoms with van der Waals surface area (Å²) in [5.74, 6) is 1.50. The lowest BCUT2D eigenvalue weighted by Crippen LogP contribution is -2.19. The first-order chi connectivity index (χ1) is 11.2. The minimum absolute atomic E-state index is 0.178. The monoisotopic (exact) mass is 334 g/mol. The van der Waals surface area contributed by atoms with Crippen molar-refractivity contribution in [2.75, 3.05) is 21.3 Å². The van der Waals surface area contributed by atoms with Gasteiger partial charge in [0.05, 0.1) is 34.0 Å². The Morgan fingerprint density at radius 3 is 2.48 bits per heavy atom. The molecular weight excluding hydrogens is 316 g/mol. The molecule has 2 rings (SSSR count). The molecule has 0 bridgehead atoms. The molecular formula is C16H18N2O4S. The molecule has 0 unspecified atom stereocenters. The van der Waals surface area contributed by atoms with Crippen LogP contribution >= 0.6 is 11.3 Å². The highest BCUT2D eigenvalue weighted by molar-refractivity contribution is 7.10. The highest BCUT2D eigenvalue weighted by Gasteiger charge is 2.10. The van der Waals surface area contributed by atoms with Gasteiger partial charge in [0, 0.05) is 16.5 Å². The number of methoxy groups -OCH3 is 3. The van der Waals surface area contributed by atoms with Crippen LogP contribution in [0.4, 0.5) is 0 Å². The predicted octanol–water partition coefficient (Wildman–Crippen LogP) is 2.47. The van der Waals surface area contributed by atoms with Gasteiger partial charge >= 0.3 is 0 Å². The predicted molar refractivity (Wildman–Crippen MR) is 89.9 cm³/mol. The Bertz CT molecular complexity index is 684. The van der Waals surface area contributed by atoms with Crippen molar-refractivity contribution in [1.29, 1.82) is 0 Å². The summed E-state index contributed by atoms with van der Waals surface area (Å²) in [7, 11) is 4.65. The van der Waals surface area contributed by atoms with E-state index in [0.717, 1.165) is 4.88 Å². The van der Waals surface area contributed by atoms with E-state index in [0.29, 0.717) is 29.2 Å². The summed E-state index contributed by atoms with van der Waals surface area (Å²) in [6, 6.07) is 7.25. The van der Waals surface area contributed by atoms with Crippen LogP contribution in [0.3, 0.4) is 0 Å². The van der Waals surface area contributed by atoms with Crippen LogP contribution in [0.5, 0.6) is 17.2 Å². The molecule has 6 nitrogen and oxygen atoms in total. The minimum Gasteiger partial charge on any atom is -0.496 e. The van der Waals surface area contributed by atoms with Crippen molar-refractivity contribution < 1.29 is 19.0 Å². The van der Waals surface area contributed by atoms with Crippen molar-refractivity contribution in [2.45, 2.75) is 6.42 Å². The van der Waals surface area contributed by atoms with Gasteiger partial charge in [0.1, 0.15) is 5.75 Å². The Kier molecular flexibility index (Phi) is 5.99. The second-order valence-corrected chi connectivity index (χ2v) is 5.53. The highest BCUT2D eigenvalue weighted by Crippen LogP contribution is 2.33. The Balaban J connectivity index is 2.07. The molecule has 1 aromatic heterocycles. The van der Waals surface area contributed by atoms with Gasteiger partial charge in [0.2, 0.25) is 5.91 Å². The first-order valence-electron chi connectivity index (χ1n) is 6.82. The van der Waals surface area contributed by atoms with E-state index in [1.54, 1.807) is 33.5 Å². The summed E-state index contributed by atoms with van der Waals surface area (Å²) in [6.07, 6.45) is 1.81. The van der Waals surface area contributed by atoms with Crippen molar-refractivity contribution >= 4 is 23.5 Å². The molecule has 23 heavy (non-hydrogen) atoms. The molecule has 2 aromatic rings. The van der Waals surface area contributed by atoms with Crippen LogP contribution in [0.1, 0.15) is 10.4 Å². The van der Waals surface area contributed by atoms with Crippen molar-refractivity contribution in [3.05, 3.63) is 40.1 Å². The summed E-state index contributed by atoms with van der Waals surface area (Å²) in [5, 5.41) is 5.90. The molecule has 0 spiro atoms. The first kappa shape index (κ1) is 16.8. The number of carbonyl (C=O) groups excluding carboxylic acids is 1. The Labute approximate surface area is 138 Å². The van der Waals surface area contributed by atoms with Crippen molar-refractivity contribution in [1.82, 2.24) is 5.43 Å². The third-order valence-corrected chi connectivity index (χ3v) is 3.92. The summed E-state index contributed by atoms with van der Waals surface area (Å²) in [6.45, 7) is 0. The lowest BCUT2D eigenvalue weighted by molar-refractivity contribution is -0.120. The second-order valence-electron chi connectivity index (χ2n) is 4.50. The minimum atomic E-state index is -0.178. The highest BCUT2D eigenvalue weighted by atomic mass is 32.1. The second kappa shape index (κ2) is 8.19. The molecule has 0 atom stereocenters. The van der Waals surface area contributed by atoms with Crippen LogP contribution in [0.15, 0.2) is 34.7 Å². The van der Waals surface area contributed by atoms with Gasteiger partial charge < -0.3 is 14.2 Å². The number of nitrogens with zero attached hydrogens (tertiary/aromatic N) is 1. The normalized spacial score (nSPS) is 10.6. The molecule has 1 amide bonds. The molecule has 0 radical (unpaired) electrons. The zero-order valence-corrected chi connectivity index (χ0v) is 14.0. The van der Waals surface area contributed by atoms with Gasteiger partial charge in [0.15, 0.2) is 11.5 Å². The zero-order chi connectivity index (χ0) is 16.7. The maximum Gasteiger partial charge on any atom is 0.245 e. The van der Waals surface area contributed by atoms with Crippen molar-refractivity contribution in [2.24, 2.45) is 5.10 Å². The molecule has 0 saturated heterocycles. The summed E-state index contributed by atoms with van der Waals surface area (Å²) in [4.78, 5) is 12.8. The Hall–Kier alpha value is -2.54. The van der Waals surface area contributed by atoms with Crippen LogP contribution < -0.4 is 19.6 Å². The van der Waals surface area contributed by atoms with E-state index in [4.69, 9.17) is 14.2 Å². The van der Waals surface area contributed by atoms with Gasteiger partial charge in [0.25, 0.3) is 0 Å². The lowest BCUT2D eigenvalue weighted by atomic mass is 10.2. The zero-order valence-electron chi connectivity index (χ0n) is 13.2. The summed E-state index contributed by atoms with van der Waals surface area (Å²) in [5.41, 5.74) is 3.16. The average molecular weight is 334 g/mol. The fourth-order valence-corrected chi connectivity index (χ4v) is 2.64. The van der Waals surface area contributed by atoms with E-state index in [-0.39, 0.29) is 5.91 Å². The number of hydrogen-bond donors (Lipinski definition) is 1. The molecule has 0 aliphatic rings. The smallest absolute Gasteiger partial charge is 0.245 e. The van der Waals surface area contributed by atoms with Crippen LogP contribution in [0.25, 0.3) is 0 Å². The van der Waals surface area contributed by atoms with E-state index in [1.165, 1.54) is 17.6 Å². The van der Waals surface area contributed by atoms with Crippen LogP contribution in [0, 0.1) is 0 Å². The van der Waals surface area contributed by atoms with Crippen molar-refractivity contribution in [3.8, 4) is 17.2 Å². The fourth-order valence-electron chi connectivity index (χ4n) is 1.94. The largest absolute Gasteiger partial charge is 0.496 e. The molecule has 1 aromatic carbocycles. The Morgan fingerprint density at radius 1 is 1.17 bits per heavy atom. The topological polar surface area (TPSA) is 69.2 Å². The number of amides is 1. The first-order valence-corrected chi connectivity index (χ1v) is 7.70. The molecule has 7 heteroatoms. The van der Waals surface area contributed by atoms with Gasteiger partial charge in [-0.2, -0.15) is 5.10 Å². The van der Waals surface area contributed by atoms with Crippen LogP contribution in [-0.2, 0) is 11.2 Å². The van der Waals surface area contributed by atoms with E-state index >= 15 is 0 Å². The van der Waals surface area contributed by atoms with E-state index in [9.17, 15) is 4.79 Å². The maximum absolute atomic E-state index is 11.8. The van der Waals surface area contributed by atoms with E-state index in [2.05, 4.69) is 10.5 Å². The summed E-state index contributed by atoms with van der Waals surface area (Å²) >= 11 is 1.53. The Morgan fingerprint density at radius 2 is 1.87 bits per heavy atom. The molecule has 0 fully saturated rings. The molecule has 1 heterocycles. The molecule has 1 N–H and O–H groups in total. The number of carbonyl (C=O) groups is 1. The number of hydrazone groups is 1. The number of ether oxygens (including phenoxy) is 3.